The summed E-state index contributed by atoms with van der Waals surface area (Å²) < 4.78 is 14.9. The highest BCUT2D eigenvalue weighted by Crippen LogP contribution is 2.48. The van der Waals surface area contributed by atoms with Crippen molar-refractivity contribution in [2.75, 3.05) is 7.11 Å². The summed E-state index contributed by atoms with van der Waals surface area (Å²) in [5.41, 5.74) is 5.22. The lowest BCUT2D eigenvalue weighted by molar-refractivity contribution is 0.155. The van der Waals surface area contributed by atoms with Gasteiger partial charge in [0, 0.05) is 29.8 Å². The fraction of sp³-hybridized carbons (Fsp3) is 0.176. The van der Waals surface area contributed by atoms with Crippen molar-refractivity contribution in [3.8, 4) is 11.5 Å². The molecule has 2 unspecified atom stereocenters. The van der Waals surface area contributed by atoms with Gasteiger partial charge in [-0.05, 0) is 71.3 Å². The van der Waals surface area contributed by atoms with E-state index in [4.69, 9.17) is 9.47 Å². The number of nitrogens with zero attached hydrogens (tertiary/aromatic N) is 1. The highest BCUT2D eigenvalue weighted by atomic mass is 16.5. The van der Waals surface area contributed by atoms with Crippen LogP contribution >= 0.6 is 0 Å². The Hall–Kier alpha value is -4.24. The molecule has 0 aliphatic carbocycles. The lowest BCUT2D eigenvalue weighted by Gasteiger charge is -2.37. The number of rotatable bonds is 6. The van der Waals surface area contributed by atoms with Gasteiger partial charge >= 0.3 is 0 Å². The minimum atomic E-state index is -0.735. The van der Waals surface area contributed by atoms with E-state index in [1.165, 1.54) is 11.1 Å². The molecular formula is C34H31NO2. The van der Waals surface area contributed by atoms with E-state index in [-0.39, 0.29) is 0 Å². The number of methoxy groups -OCH3 is 1. The lowest BCUT2D eigenvalue weighted by Crippen LogP contribution is -2.36. The van der Waals surface area contributed by atoms with Gasteiger partial charge < -0.3 is 14.0 Å². The third-order valence-electron chi connectivity index (χ3n) is 7.56. The van der Waals surface area contributed by atoms with E-state index < -0.39 is 5.60 Å². The molecule has 2 atom stereocenters. The summed E-state index contributed by atoms with van der Waals surface area (Å²) in [4.78, 5) is 0. The van der Waals surface area contributed by atoms with Crippen LogP contribution in [0.2, 0.25) is 0 Å². The van der Waals surface area contributed by atoms with E-state index >= 15 is 0 Å². The summed E-state index contributed by atoms with van der Waals surface area (Å²) in [5, 5.41) is 2.21. The van der Waals surface area contributed by atoms with Crippen LogP contribution in [-0.2, 0) is 19.1 Å². The molecule has 0 spiro atoms. The largest absolute Gasteiger partial charge is 0.497 e. The van der Waals surface area contributed by atoms with Gasteiger partial charge in [-0.2, -0.15) is 0 Å². The minimum absolute atomic E-state index is 0.305. The van der Waals surface area contributed by atoms with Crippen molar-refractivity contribution in [3.05, 3.63) is 137 Å². The van der Waals surface area contributed by atoms with E-state index in [1.54, 1.807) is 7.11 Å². The zero-order chi connectivity index (χ0) is 25.4. The topological polar surface area (TPSA) is 23.4 Å². The first kappa shape index (κ1) is 23.2. The van der Waals surface area contributed by atoms with Crippen LogP contribution in [0.4, 0.5) is 0 Å². The molecule has 0 bridgehead atoms. The Balaban J connectivity index is 1.57. The molecule has 0 fully saturated rings. The fourth-order valence-electron chi connectivity index (χ4n) is 5.65. The summed E-state index contributed by atoms with van der Waals surface area (Å²) in [6.07, 6.45) is 7.54. The van der Waals surface area contributed by atoms with Crippen LogP contribution in [0.5, 0.6) is 11.5 Å². The predicted molar refractivity (Wildman–Crippen MR) is 151 cm³/mol. The van der Waals surface area contributed by atoms with Gasteiger partial charge in [0.2, 0.25) is 0 Å². The van der Waals surface area contributed by atoms with Crippen molar-refractivity contribution in [2.24, 2.45) is 7.05 Å². The Bertz CT molecular complexity index is 1580. The minimum Gasteiger partial charge on any atom is -0.497 e. The van der Waals surface area contributed by atoms with E-state index in [0.717, 1.165) is 45.5 Å². The van der Waals surface area contributed by atoms with Crippen LogP contribution in [0.15, 0.2) is 109 Å². The first-order valence-corrected chi connectivity index (χ1v) is 12.8. The Morgan fingerprint density at radius 2 is 1.65 bits per heavy atom. The average Bonchev–Trinajstić information content (AvgIpc) is 3.39. The molecule has 5 aromatic rings. The normalized spacial score (nSPS) is 17.3. The Kier molecular flexibility index (Phi) is 5.84. The zero-order valence-corrected chi connectivity index (χ0v) is 21.5. The van der Waals surface area contributed by atoms with Crippen molar-refractivity contribution in [1.82, 2.24) is 4.57 Å². The van der Waals surface area contributed by atoms with Gasteiger partial charge in [-0.3, -0.25) is 0 Å². The molecule has 0 amide bonds. The Morgan fingerprint density at radius 3 is 2.35 bits per heavy atom. The standard InChI is InChI=1S/C34H31NO2/c1-24(21-25-11-6-4-7-12-25)31-23-26-22-28(36-3)16-17-29(26)33-30(31)18-19-34(37-33,27-13-8-5-9-14-27)32-15-10-20-35(32)2/h4-20,22-24H,21H2,1-3H3. The summed E-state index contributed by atoms with van der Waals surface area (Å²) in [6, 6.07) is 34.0. The van der Waals surface area contributed by atoms with Crippen LogP contribution in [0.25, 0.3) is 16.8 Å². The van der Waals surface area contributed by atoms with E-state index in [1.807, 2.05) is 12.1 Å². The smallest absolute Gasteiger partial charge is 0.192 e. The van der Waals surface area contributed by atoms with Crippen LogP contribution in [-0.4, -0.2) is 11.7 Å². The summed E-state index contributed by atoms with van der Waals surface area (Å²) in [5.74, 6) is 2.07. The van der Waals surface area contributed by atoms with Crippen molar-refractivity contribution in [3.63, 3.8) is 0 Å². The summed E-state index contributed by atoms with van der Waals surface area (Å²) in [7, 11) is 3.79. The summed E-state index contributed by atoms with van der Waals surface area (Å²) >= 11 is 0. The second-order valence-corrected chi connectivity index (χ2v) is 9.93. The first-order valence-electron chi connectivity index (χ1n) is 12.8. The molecule has 3 nitrogen and oxygen atoms in total. The highest BCUT2D eigenvalue weighted by molar-refractivity contribution is 5.95. The van der Waals surface area contributed by atoms with Crippen LogP contribution in [0.1, 0.15) is 40.8 Å². The molecule has 0 saturated carbocycles. The molecule has 3 heteroatoms. The molecule has 0 saturated heterocycles. The van der Waals surface area contributed by atoms with Crippen molar-refractivity contribution < 1.29 is 9.47 Å². The molecular weight excluding hydrogens is 454 g/mol. The van der Waals surface area contributed by atoms with Crippen molar-refractivity contribution in [2.45, 2.75) is 24.9 Å². The van der Waals surface area contributed by atoms with Gasteiger partial charge in [-0.15, -0.1) is 0 Å². The predicted octanol–water partition coefficient (Wildman–Crippen LogP) is 7.88. The number of aryl methyl sites for hydroxylation is 1. The quantitative estimate of drug-likeness (QED) is 0.244. The molecule has 1 aliphatic heterocycles. The Labute approximate surface area is 218 Å². The van der Waals surface area contributed by atoms with Gasteiger partial charge in [-0.25, -0.2) is 0 Å². The average molecular weight is 486 g/mol. The second kappa shape index (κ2) is 9.33. The molecule has 4 aromatic carbocycles. The molecule has 37 heavy (non-hydrogen) atoms. The second-order valence-electron chi connectivity index (χ2n) is 9.93. The number of benzene rings is 4. The molecule has 0 radical (unpaired) electrons. The number of hydrogen-bond donors (Lipinski definition) is 0. The number of aromatic nitrogens is 1. The van der Waals surface area contributed by atoms with Crippen molar-refractivity contribution in [1.29, 1.82) is 0 Å². The van der Waals surface area contributed by atoms with E-state index in [0.29, 0.717) is 5.92 Å². The monoisotopic (exact) mass is 485 g/mol. The third-order valence-corrected chi connectivity index (χ3v) is 7.56. The maximum atomic E-state index is 7.21. The van der Waals surface area contributed by atoms with Crippen LogP contribution in [0.3, 0.4) is 0 Å². The first-order chi connectivity index (χ1) is 18.1. The zero-order valence-electron chi connectivity index (χ0n) is 21.5. The summed E-state index contributed by atoms with van der Waals surface area (Å²) in [6.45, 7) is 2.30. The molecule has 0 N–H and O–H groups in total. The molecule has 1 aromatic heterocycles. The maximum absolute atomic E-state index is 7.21. The number of hydrogen-bond acceptors (Lipinski definition) is 2. The Morgan fingerprint density at radius 1 is 0.892 bits per heavy atom. The molecule has 184 valence electrons. The highest BCUT2D eigenvalue weighted by Gasteiger charge is 2.40. The fourth-order valence-corrected chi connectivity index (χ4v) is 5.65. The van der Waals surface area contributed by atoms with Crippen LogP contribution in [0, 0.1) is 0 Å². The third kappa shape index (κ3) is 4.01. The van der Waals surface area contributed by atoms with E-state index in [9.17, 15) is 0 Å². The van der Waals surface area contributed by atoms with Gasteiger partial charge in [0.25, 0.3) is 0 Å². The van der Waals surface area contributed by atoms with Crippen molar-refractivity contribution >= 4 is 16.8 Å². The van der Waals surface area contributed by atoms with Gasteiger partial charge in [0.05, 0.1) is 12.8 Å². The number of ether oxygens (including phenoxy) is 2. The number of fused-ring (bicyclic) bond motifs is 3. The lowest BCUT2D eigenvalue weighted by atomic mass is 9.82. The SMILES string of the molecule is COc1ccc2c3c(c(C(C)Cc4ccccc4)cc2c1)C=CC(c1ccccc1)(c1cccn1C)O3. The maximum Gasteiger partial charge on any atom is 0.192 e. The molecule has 1 aliphatic rings. The van der Waals surface area contributed by atoms with Gasteiger partial charge in [-0.1, -0.05) is 73.7 Å². The van der Waals surface area contributed by atoms with Crippen LogP contribution < -0.4 is 9.47 Å². The van der Waals surface area contributed by atoms with E-state index in [2.05, 4.69) is 122 Å². The van der Waals surface area contributed by atoms with Gasteiger partial charge in [0.15, 0.2) is 5.60 Å². The molecule has 6 rings (SSSR count). The molecule has 2 heterocycles. The van der Waals surface area contributed by atoms with Gasteiger partial charge in [0.1, 0.15) is 11.5 Å².